The number of rotatable bonds is 4. The van der Waals surface area contributed by atoms with E-state index in [1.54, 1.807) is 0 Å². The summed E-state index contributed by atoms with van der Waals surface area (Å²) in [5.74, 6) is -1.57. The van der Waals surface area contributed by atoms with E-state index in [0.29, 0.717) is 0 Å². The minimum Gasteiger partial charge on any atom is -0.358 e. The lowest BCUT2D eigenvalue weighted by atomic mass is 10.2. The molecular formula is C10H8ClFN4O4S. The number of nitrogens with zero attached hydrogens (tertiary/aromatic N) is 3. The van der Waals surface area contributed by atoms with Crippen LogP contribution in [0.15, 0.2) is 29.3 Å². The Morgan fingerprint density at radius 3 is 2.62 bits per heavy atom. The molecule has 1 aromatic heterocycles. The zero-order valence-electron chi connectivity index (χ0n) is 10.2. The van der Waals surface area contributed by atoms with E-state index < -0.39 is 31.5 Å². The summed E-state index contributed by atoms with van der Waals surface area (Å²) in [4.78, 5) is 9.04. The van der Waals surface area contributed by atoms with Gasteiger partial charge in [-0.15, -0.1) is 0 Å². The third-order valence-electron chi connectivity index (χ3n) is 2.57. The van der Waals surface area contributed by atoms with E-state index in [9.17, 15) is 22.9 Å². The standard InChI is InChI=1S/C10H8ClFN4O4S/c11-7-2-1-3-8(12)6(7)4-15-5-9(21(13,19)20)10(14-15)16(17)18/h1-3,5H,4H2,(H2,13,19,20). The molecule has 0 aliphatic heterocycles. The van der Waals surface area contributed by atoms with Crippen molar-refractivity contribution in [1.29, 1.82) is 0 Å². The molecule has 112 valence electrons. The SMILES string of the molecule is NS(=O)(=O)c1cn(Cc2c(F)cccc2Cl)nc1[N+](=O)[O-]. The first-order valence-electron chi connectivity index (χ1n) is 5.37. The predicted octanol–water partition coefficient (Wildman–Crippen LogP) is 1.28. The van der Waals surface area contributed by atoms with Crippen molar-refractivity contribution in [3.05, 3.63) is 50.9 Å². The van der Waals surface area contributed by atoms with Crippen molar-refractivity contribution in [1.82, 2.24) is 9.78 Å². The minimum atomic E-state index is -4.32. The average Bonchev–Trinajstić information content (AvgIpc) is 2.78. The van der Waals surface area contributed by atoms with E-state index in [2.05, 4.69) is 5.10 Å². The van der Waals surface area contributed by atoms with Crippen LogP contribution in [0.5, 0.6) is 0 Å². The number of benzene rings is 1. The first-order valence-corrected chi connectivity index (χ1v) is 7.30. The monoisotopic (exact) mass is 334 g/mol. The molecule has 0 aliphatic carbocycles. The molecule has 21 heavy (non-hydrogen) atoms. The maximum Gasteiger partial charge on any atom is 0.410 e. The van der Waals surface area contributed by atoms with Crippen LogP contribution in [0.4, 0.5) is 10.2 Å². The highest BCUT2D eigenvalue weighted by atomic mass is 35.5. The molecule has 11 heteroatoms. The fourth-order valence-electron chi connectivity index (χ4n) is 1.65. The molecule has 8 nitrogen and oxygen atoms in total. The summed E-state index contributed by atoms with van der Waals surface area (Å²) in [6.45, 7) is -0.276. The van der Waals surface area contributed by atoms with Gasteiger partial charge in [-0.2, -0.15) is 4.68 Å². The quantitative estimate of drug-likeness (QED) is 0.666. The van der Waals surface area contributed by atoms with Crippen molar-refractivity contribution < 1.29 is 17.7 Å². The second-order valence-corrected chi connectivity index (χ2v) is 5.95. The Morgan fingerprint density at radius 1 is 1.48 bits per heavy atom. The maximum atomic E-state index is 13.6. The Kier molecular flexibility index (Phi) is 3.94. The van der Waals surface area contributed by atoms with Gasteiger partial charge < -0.3 is 10.1 Å². The highest BCUT2D eigenvalue weighted by molar-refractivity contribution is 7.89. The van der Waals surface area contributed by atoms with E-state index in [0.717, 1.165) is 16.9 Å². The van der Waals surface area contributed by atoms with Gasteiger partial charge >= 0.3 is 5.82 Å². The van der Waals surface area contributed by atoms with Crippen molar-refractivity contribution in [3.8, 4) is 0 Å². The summed E-state index contributed by atoms with van der Waals surface area (Å²) >= 11 is 5.82. The van der Waals surface area contributed by atoms with Crippen molar-refractivity contribution in [3.63, 3.8) is 0 Å². The van der Waals surface area contributed by atoms with Crippen LogP contribution in [0.3, 0.4) is 0 Å². The van der Waals surface area contributed by atoms with Crippen molar-refractivity contribution in [2.24, 2.45) is 5.14 Å². The van der Waals surface area contributed by atoms with Gasteiger partial charge in [-0.25, -0.2) is 17.9 Å². The molecule has 0 atom stereocenters. The van der Waals surface area contributed by atoms with E-state index >= 15 is 0 Å². The van der Waals surface area contributed by atoms with Gasteiger partial charge in [0.2, 0.25) is 14.9 Å². The molecule has 0 saturated carbocycles. The topological polar surface area (TPSA) is 121 Å². The zero-order chi connectivity index (χ0) is 15.8. The van der Waals surface area contributed by atoms with Gasteiger partial charge in [0, 0.05) is 10.6 Å². The van der Waals surface area contributed by atoms with E-state index in [-0.39, 0.29) is 17.1 Å². The molecule has 2 aromatic rings. The van der Waals surface area contributed by atoms with Crippen molar-refractivity contribution in [2.45, 2.75) is 11.4 Å². The van der Waals surface area contributed by atoms with Crippen LogP contribution < -0.4 is 5.14 Å². The van der Waals surface area contributed by atoms with Gasteiger partial charge in [0.1, 0.15) is 5.82 Å². The van der Waals surface area contributed by atoms with E-state index in [1.165, 1.54) is 12.1 Å². The summed E-state index contributed by atoms with van der Waals surface area (Å²) in [6, 6.07) is 3.97. The van der Waals surface area contributed by atoms with Crippen LogP contribution in [0, 0.1) is 15.9 Å². The Balaban J connectivity index is 2.50. The molecule has 0 radical (unpaired) electrons. The first kappa shape index (κ1) is 15.4. The number of nitrogens with two attached hydrogens (primary N) is 1. The Hall–Kier alpha value is -2.04. The maximum absolute atomic E-state index is 13.6. The average molecular weight is 335 g/mol. The number of hydrogen-bond donors (Lipinski definition) is 1. The summed E-state index contributed by atoms with van der Waals surface area (Å²) < 4.78 is 37.1. The van der Waals surface area contributed by atoms with Gasteiger partial charge in [0.05, 0.1) is 17.8 Å². The molecule has 1 aromatic carbocycles. The molecule has 0 saturated heterocycles. The molecule has 0 unspecified atom stereocenters. The number of nitro groups is 1. The number of sulfonamides is 1. The smallest absolute Gasteiger partial charge is 0.358 e. The van der Waals surface area contributed by atoms with Crippen LogP contribution in [-0.2, 0) is 16.6 Å². The molecule has 0 aliphatic rings. The summed E-state index contributed by atoms with van der Waals surface area (Å²) in [5.41, 5.74) is 0.0255. The highest BCUT2D eigenvalue weighted by Gasteiger charge is 2.29. The molecule has 1 heterocycles. The summed E-state index contributed by atoms with van der Waals surface area (Å²) in [6.07, 6.45) is 0.857. The third-order valence-corrected chi connectivity index (χ3v) is 3.83. The molecule has 0 bridgehead atoms. The summed E-state index contributed by atoms with van der Waals surface area (Å²) in [7, 11) is -4.32. The fraction of sp³-hybridized carbons (Fsp3) is 0.100. The molecule has 2 N–H and O–H groups in total. The minimum absolute atomic E-state index is 0.0255. The second kappa shape index (κ2) is 5.39. The van der Waals surface area contributed by atoms with Gasteiger partial charge in [0.25, 0.3) is 0 Å². The van der Waals surface area contributed by atoms with E-state index in [4.69, 9.17) is 16.7 Å². The van der Waals surface area contributed by atoms with Gasteiger partial charge in [0.15, 0.2) is 0 Å². The summed E-state index contributed by atoms with van der Waals surface area (Å²) in [5, 5.41) is 19.2. The van der Waals surface area contributed by atoms with Crippen LogP contribution in [0.1, 0.15) is 5.56 Å². The molecule has 2 rings (SSSR count). The highest BCUT2D eigenvalue weighted by Crippen LogP contribution is 2.23. The number of aromatic nitrogens is 2. The lowest BCUT2D eigenvalue weighted by molar-refractivity contribution is -0.392. The predicted molar refractivity (Wildman–Crippen MR) is 70.8 cm³/mol. The van der Waals surface area contributed by atoms with Crippen molar-refractivity contribution >= 4 is 27.4 Å². The van der Waals surface area contributed by atoms with Crippen LogP contribution in [-0.4, -0.2) is 23.1 Å². The van der Waals surface area contributed by atoms with Crippen LogP contribution in [0.2, 0.25) is 5.02 Å². The van der Waals surface area contributed by atoms with Gasteiger partial charge in [-0.05, 0) is 17.1 Å². The van der Waals surface area contributed by atoms with Gasteiger partial charge in [-0.1, -0.05) is 17.7 Å². The lowest BCUT2D eigenvalue weighted by Crippen LogP contribution is -2.13. The molecular weight excluding hydrogens is 327 g/mol. The third kappa shape index (κ3) is 3.17. The van der Waals surface area contributed by atoms with Gasteiger partial charge in [-0.3, -0.25) is 0 Å². The first-order chi connectivity index (χ1) is 9.70. The zero-order valence-corrected chi connectivity index (χ0v) is 11.8. The fourth-order valence-corrected chi connectivity index (χ4v) is 2.51. The van der Waals surface area contributed by atoms with E-state index in [1.807, 2.05) is 0 Å². The molecule has 0 fully saturated rings. The number of primary sulfonamides is 1. The molecule has 0 amide bonds. The Bertz CT molecular complexity index is 800. The Morgan fingerprint density at radius 2 is 2.14 bits per heavy atom. The second-order valence-electron chi connectivity index (χ2n) is 4.02. The number of hydrogen-bond acceptors (Lipinski definition) is 5. The normalized spacial score (nSPS) is 11.6. The molecule has 0 spiro atoms. The van der Waals surface area contributed by atoms with Crippen molar-refractivity contribution in [2.75, 3.05) is 0 Å². The Labute approximate surface area is 123 Å². The van der Waals surface area contributed by atoms with Crippen LogP contribution in [0.25, 0.3) is 0 Å². The number of halogens is 2. The van der Waals surface area contributed by atoms with Crippen LogP contribution >= 0.6 is 11.6 Å². The lowest BCUT2D eigenvalue weighted by Gasteiger charge is -2.03. The largest absolute Gasteiger partial charge is 0.410 e.